The summed E-state index contributed by atoms with van der Waals surface area (Å²) >= 11 is 0. The molecule has 1 rings (SSSR count). The maximum absolute atomic E-state index is 13.5. The van der Waals surface area contributed by atoms with Gasteiger partial charge in [-0.05, 0) is 51.0 Å². The van der Waals surface area contributed by atoms with Crippen molar-refractivity contribution in [1.29, 1.82) is 5.26 Å². The molecule has 0 bridgehead atoms. The first kappa shape index (κ1) is 16.5. The van der Waals surface area contributed by atoms with Crippen LogP contribution in [0, 0.1) is 17.1 Å². The largest absolute Gasteiger partial charge is 0.242 e. The second kappa shape index (κ2) is 6.78. The molecule has 2 atom stereocenters. The van der Waals surface area contributed by atoms with E-state index in [0.29, 0.717) is 12.0 Å². The van der Waals surface area contributed by atoms with E-state index in [9.17, 15) is 8.60 Å². The molecule has 0 aromatic heterocycles. The third-order valence-electron chi connectivity index (χ3n) is 2.66. The zero-order chi connectivity index (χ0) is 15.3. The fraction of sp³-hybridized carbons (Fsp3) is 0.400. The normalized spacial score (nSPS) is 14.3. The van der Waals surface area contributed by atoms with Gasteiger partial charge >= 0.3 is 0 Å². The topological polar surface area (TPSA) is 52.9 Å². The average molecular weight is 294 g/mol. The molecule has 1 aromatic rings. The van der Waals surface area contributed by atoms with E-state index in [1.54, 1.807) is 12.1 Å². The zero-order valence-electron chi connectivity index (χ0n) is 11.9. The highest BCUT2D eigenvalue weighted by Crippen LogP contribution is 2.22. The Hall–Kier alpha value is -1.51. The molecule has 0 radical (unpaired) electrons. The first-order valence-electron chi connectivity index (χ1n) is 6.27. The Kier molecular flexibility index (Phi) is 5.61. The van der Waals surface area contributed by atoms with E-state index in [0.717, 1.165) is 0 Å². The lowest BCUT2D eigenvalue weighted by molar-refractivity contribution is 0.591. The number of rotatable bonds is 5. The molecule has 0 saturated carbocycles. The van der Waals surface area contributed by atoms with Gasteiger partial charge < -0.3 is 0 Å². The number of nitrogens with zero attached hydrogens (tertiary/aromatic N) is 1. The molecule has 0 heterocycles. The van der Waals surface area contributed by atoms with Crippen molar-refractivity contribution in [3.05, 3.63) is 47.8 Å². The molecule has 0 aliphatic rings. The van der Waals surface area contributed by atoms with Gasteiger partial charge in [-0.2, -0.15) is 5.26 Å². The third-order valence-corrected chi connectivity index (χ3v) is 4.27. The lowest BCUT2D eigenvalue weighted by atomic mass is 10.0. The van der Waals surface area contributed by atoms with Crippen molar-refractivity contribution in [3.63, 3.8) is 0 Å². The van der Waals surface area contributed by atoms with E-state index in [2.05, 4.69) is 11.3 Å². The molecular weight excluding hydrogens is 275 g/mol. The predicted octanol–water partition coefficient (Wildman–Crippen LogP) is 3.37. The van der Waals surface area contributed by atoms with Gasteiger partial charge in [-0.25, -0.2) is 13.3 Å². The molecule has 0 saturated heterocycles. The SMILES string of the molecule is C=CC[C@@H](NS(=O)C(C)(C)C)c1cc(F)cc(C#N)c1. The lowest BCUT2D eigenvalue weighted by Crippen LogP contribution is -2.35. The average Bonchev–Trinajstić information content (AvgIpc) is 2.36. The van der Waals surface area contributed by atoms with Gasteiger partial charge in [0.25, 0.3) is 0 Å². The molecule has 0 fully saturated rings. The minimum Gasteiger partial charge on any atom is -0.242 e. The van der Waals surface area contributed by atoms with Gasteiger partial charge in [0, 0.05) is 6.04 Å². The van der Waals surface area contributed by atoms with Gasteiger partial charge in [-0.3, -0.25) is 0 Å². The summed E-state index contributed by atoms with van der Waals surface area (Å²) in [4.78, 5) is 0. The Morgan fingerprint density at radius 2 is 2.15 bits per heavy atom. The molecule has 0 aliphatic heterocycles. The van der Waals surface area contributed by atoms with Crippen molar-refractivity contribution in [3.8, 4) is 6.07 Å². The summed E-state index contributed by atoms with van der Waals surface area (Å²) in [7, 11) is -1.29. The molecular formula is C15H19FN2OS. The summed E-state index contributed by atoms with van der Waals surface area (Å²) in [5.41, 5.74) is 0.844. The Bertz CT molecular complexity index is 558. The first-order valence-corrected chi connectivity index (χ1v) is 7.42. The number of halogens is 1. The van der Waals surface area contributed by atoms with Crippen molar-refractivity contribution in [2.24, 2.45) is 0 Å². The molecule has 5 heteroatoms. The molecule has 20 heavy (non-hydrogen) atoms. The van der Waals surface area contributed by atoms with Crippen molar-refractivity contribution in [2.75, 3.05) is 0 Å². The Morgan fingerprint density at radius 3 is 2.65 bits per heavy atom. The van der Waals surface area contributed by atoms with Gasteiger partial charge in [0.1, 0.15) is 5.82 Å². The Labute approximate surface area is 122 Å². The summed E-state index contributed by atoms with van der Waals surface area (Å²) in [6.07, 6.45) is 2.17. The zero-order valence-corrected chi connectivity index (χ0v) is 12.8. The van der Waals surface area contributed by atoms with E-state index < -0.39 is 21.5 Å². The second-order valence-electron chi connectivity index (χ2n) is 5.46. The minimum atomic E-state index is -1.29. The van der Waals surface area contributed by atoms with Crippen LogP contribution in [0.4, 0.5) is 4.39 Å². The fourth-order valence-electron chi connectivity index (χ4n) is 1.60. The smallest absolute Gasteiger partial charge is 0.124 e. The van der Waals surface area contributed by atoms with Crippen molar-refractivity contribution in [2.45, 2.75) is 38.0 Å². The Balaban J connectivity index is 3.08. The van der Waals surface area contributed by atoms with Gasteiger partial charge in [0.2, 0.25) is 0 Å². The number of nitriles is 1. The monoisotopic (exact) mass is 294 g/mol. The van der Waals surface area contributed by atoms with E-state index in [1.807, 2.05) is 26.8 Å². The van der Waals surface area contributed by atoms with Crippen LogP contribution in [-0.2, 0) is 11.0 Å². The van der Waals surface area contributed by atoms with Crippen LogP contribution in [0.5, 0.6) is 0 Å². The summed E-state index contributed by atoms with van der Waals surface area (Å²) in [6, 6.07) is 5.71. The summed E-state index contributed by atoms with van der Waals surface area (Å²) in [6.45, 7) is 9.23. The highest BCUT2D eigenvalue weighted by atomic mass is 32.2. The quantitative estimate of drug-likeness (QED) is 0.847. The first-order chi connectivity index (χ1) is 9.27. The van der Waals surface area contributed by atoms with Crippen LogP contribution in [-0.4, -0.2) is 8.96 Å². The van der Waals surface area contributed by atoms with Crippen LogP contribution in [0.25, 0.3) is 0 Å². The highest BCUT2D eigenvalue weighted by molar-refractivity contribution is 7.84. The van der Waals surface area contributed by atoms with Crippen molar-refractivity contribution >= 4 is 11.0 Å². The second-order valence-corrected chi connectivity index (χ2v) is 7.46. The maximum atomic E-state index is 13.5. The van der Waals surface area contributed by atoms with E-state index >= 15 is 0 Å². The maximum Gasteiger partial charge on any atom is 0.124 e. The van der Waals surface area contributed by atoms with Crippen LogP contribution >= 0.6 is 0 Å². The van der Waals surface area contributed by atoms with Gasteiger partial charge in [0.05, 0.1) is 27.4 Å². The van der Waals surface area contributed by atoms with Crippen LogP contribution in [0.3, 0.4) is 0 Å². The van der Waals surface area contributed by atoms with E-state index in [1.165, 1.54) is 12.1 Å². The molecule has 1 aromatic carbocycles. The number of nitrogens with one attached hydrogen (secondary N) is 1. The molecule has 0 aliphatic carbocycles. The van der Waals surface area contributed by atoms with Crippen LogP contribution < -0.4 is 4.72 Å². The van der Waals surface area contributed by atoms with E-state index in [4.69, 9.17) is 5.26 Å². The molecule has 108 valence electrons. The third kappa shape index (κ3) is 4.55. The van der Waals surface area contributed by atoms with Crippen LogP contribution in [0.1, 0.15) is 44.4 Å². The molecule has 1 unspecified atom stereocenters. The minimum absolute atomic E-state index is 0.248. The highest BCUT2D eigenvalue weighted by Gasteiger charge is 2.23. The van der Waals surface area contributed by atoms with Crippen molar-refractivity contribution < 1.29 is 8.60 Å². The summed E-state index contributed by atoms with van der Waals surface area (Å²) in [5, 5.41) is 8.89. The van der Waals surface area contributed by atoms with Crippen LogP contribution in [0.2, 0.25) is 0 Å². The number of benzene rings is 1. The van der Waals surface area contributed by atoms with Gasteiger partial charge in [-0.1, -0.05) is 6.08 Å². The van der Waals surface area contributed by atoms with Gasteiger partial charge in [-0.15, -0.1) is 6.58 Å². The summed E-state index contributed by atoms with van der Waals surface area (Å²) in [5.74, 6) is -0.476. The standard InChI is InChI=1S/C15H19FN2OS/c1-5-6-14(18-20(19)15(2,3)4)12-7-11(10-17)8-13(16)9-12/h5,7-9,14,18H,1,6H2,2-4H3/t14-,20?/m1/s1. The molecule has 3 nitrogen and oxygen atoms in total. The number of hydrogen-bond donors (Lipinski definition) is 1. The summed E-state index contributed by atoms with van der Waals surface area (Å²) < 4.78 is 28.2. The fourth-order valence-corrected chi connectivity index (χ4v) is 2.45. The van der Waals surface area contributed by atoms with Crippen molar-refractivity contribution in [1.82, 2.24) is 4.72 Å². The van der Waals surface area contributed by atoms with Crippen LogP contribution in [0.15, 0.2) is 30.9 Å². The number of hydrogen-bond acceptors (Lipinski definition) is 2. The van der Waals surface area contributed by atoms with Gasteiger partial charge in [0.15, 0.2) is 0 Å². The predicted molar refractivity (Wildman–Crippen MR) is 79.7 cm³/mol. The lowest BCUT2D eigenvalue weighted by Gasteiger charge is -2.24. The molecule has 0 amide bonds. The Morgan fingerprint density at radius 1 is 1.50 bits per heavy atom. The van der Waals surface area contributed by atoms with E-state index in [-0.39, 0.29) is 11.6 Å². The molecule has 0 spiro atoms. The molecule has 1 N–H and O–H groups in total.